The van der Waals surface area contributed by atoms with E-state index in [0.717, 1.165) is 12.0 Å². The molecule has 0 saturated heterocycles. The van der Waals surface area contributed by atoms with Crippen molar-refractivity contribution in [3.63, 3.8) is 0 Å². The van der Waals surface area contributed by atoms with Crippen molar-refractivity contribution < 1.29 is 9.53 Å². The maximum Gasteiger partial charge on any atom is 0.345 e. The summed E-state index contributed by atoms with van der Waals surface area (Å²) >= 11 is 0. The Labute approximate surface area is 97.2 Å². The minimum atomic E-state index is -0.646. The number of nitrogens with one attached hydrogen (secondary N) is 1. The summed E-state index contributed by atoms with van der Waals surface area (Å²) in [6.07, 6.45) is 3.74. The summed E-state index contributed by atoms with van der Waals surface area (Å²) < 4.78 is 6.04. The maximum absolute atomic E-state index is 12.0. The van der Waals surface area contributed by atoms with Crippen LogP contribution in [0.25, 0.3) is 5.65 Å². The average Bonchev–Trinajstić information content (AvgIpc) is 2.73. The van der Waals surface area contributed by atoms with Gasteiger partial charge in [-0.2, -0.15) is 0 Å². The fourth-order valence-electron chi connectivity index (χ4n) is 1.62. The Balaban J connectivity index is 2.59. The third-order valence-electron chi connectivity index (χ3n) is 2.49. The first-order valence-electron chi connectivity index (χ1n) is 5.44. The molecule has 2 rings (SSSR count). The number of fused-ring (bicyclic) bond motifs is 1. The van der Waals surface area contributed by atoms with Crippen LogP contribution in [-0.4, -0.2) is 27.2 Å². The van der Waals surface area contributed by atoms with Gasteiger partial charge < -0.3 is 4.74 Å². The Morgan fingerprint density at radius 1 is 1.53 bits per heavy atom. The fourth-order valence-corrected chi connectivity index (χ4v) is 1.62. The third kappa shape index (κ3) is 1.82. The number of hydrogen-bond donors (Lipinski definition) is 1. The first-order valence-corrected chi connectivity index (χ1v) is 5.44. The van der Waals surface area contributed by atoms with Crippen molar-refractivity contribution >= 4 is 11.6 Å². The van der Waals surface area contributed by atoms with Gasteiger partial charge in [0.1, 0.15) is 5.56 Å². The summed E-state index contributed by atoms with van der Waals surface area (Å²) in [5, 5.41) is 2.78. The first-order chi connectivity index (χ1) is 8.19. The quantitative estimate of drug-likeness (QED) is 0.797. The summed E-state index contributed by atoms with van der Waals surface area (Å²) in [4.78, 5) is 27.6. The second-order valence-electron chi connectivity index (χ2n) is 3.51. The zero-order valence-electron chi connectivity index (χ0n) is 9.69. The summed E-state index contributed by atoms with van der Waals surface area (Å²) in [7, 11) is 0. The zero-order chi connectivity index (χ0) is 12.4. The van der Waals surface area contributed by atoms with Crippen LogP contribution in [0.1, 0.15) is 29.8 Å². The molecule has 2 aromatic heterocycles. The van der Waals surface area contributed by atoms with Crippen LogP contribution in [0.5, 0.6) is 0 Å². The molecule has 0 aromatic carbocycles. The smallest absolute Gasteiger partial charge is 0.345 e. The van der Waals surface area contributed by atoms with Crippen molar-refractivity contribution in [1.82, 2.24) is 14.6 Å². The largest absolute Gasteiger partial charge is 0.462 e. The van der Waals surface area contributed by atoms with E-state index in [2.05, 4.69) is 10.1 Å². The van der Waals surface area contributed by atoms with Gasteiger partial charge in [-0.15, -0.1) is 0 Å². The van der Waals surface area contributed by atoms with Gasteiger partial charge in [-0.25, -0.2) is 14.3 Å². The summed E-state index contributed by atoms with van der Waals surface area (Å²) in [6, 6.07) is 0. The van der Waals surface area contributed by atoms with Gasteiger partial charge >= 0.3 is 5.97 Å². The molecular formula is C11H13N3O3. The van der Waals surface area contributed by atoms with Crippen LogP contribution in [0.2, 0.25) is 0 Å². The third-order valence-corrected chi connectivity index (χ3v) is 2.49. The van der Waals surface area contributed by atoms with Gasteiger partial charge in [0.05, 0.1) is 6.61 Å². The molecule has 17 heavy (non-hydrogen) atoms. The number of carbonyl (C=O) groups excluding carboxylic acids is 1. The van der Waals surface area contributed by atoms with Crippen LogP contribution in [0.15, 0.2) is 17.2 Å². The standard InChI is InChI=1S/C11H13N3O3/c1-3-7-5-13-14-9(7)12-6-8(10(14)15)11(16)17-4-2/h5-6,13H,3-4H2,1-2H3. The van der Waals surface area contributed by atoms with Crippen LogP contribution in [-0.2, 0) is 11.2 Å². The predicted octanol–water partition coefficient (Wildman–Crippen LogP) is 0.762. The number of ether oxygens (including phenoxy) is 1. The van der Waals surface area contributed by atoms with Gasteiger partial charge in [-0.05, 0) is 13.3 Å². The lowest BCUT2D eigenvalue weighted by atomic mass is 10.2. The van der Waals surface area contributed by atoms with Gasteiger partial charge in [0.2, 0.25) is 0 Å². The van der Waals surface area contributed by atoms with Crippen molar-refractivity contribution in [2.45, 2.75) is 20.3 Å². The number of carbonyl (C=O) groups is 1. The molecule has 0 unspecified atom stereocenters. The number of H-pyrrole nitrogens is 1. The van der Waals surface area contributed by atoms with Gasteiger partial charge in [0.25, 0.3) is 5.56 Å². The fraction of sp³-hybridized carbons (Fsp3) is 0.364. The van der Waals surface area contributed by atoms with Crippen LogP contribution in [0.4, 0.5) is 0 Å². The van der Waals surface area contributed by atoms with Gasteiger partial charge in [0, 0.05) is 18.0 Å². The van der Waals surface area contributed by atoms with Crippen molar-refractivity contribution in [3.05, 3.63) is 33.9 Å². The first kappa shape index (κ1) is 11.4. The number of aryl methyl sites for hydroxylation is 1. The Kier molecular flexibility index (Phi) is 2.95. The second kappa shape index (κ2) is 4.40. The average molecular weight is 235 g/mol. The van der Waals surface area contributed by atoms with E-state index in [1.54, 1.807) is 13.1 Å². The number of hydrogen-bond acceptors (Lipinski definition) is 4. The van der Waals surface area contributed by atoms with Crippen LogP contribution in [0, 0.1) is 0 Å². The predicted molar refractivity (Wildman–Crippen MR) is 61.1 cm³/mol. The molecule has 2 aromatic rings. The molecule has 0 aliphatic rings. The van der Waals surface area contributed by atoms with Gasteiger partial charge in [-0.3, -0.25) is 9.89 Å². The molecule has 0 spiro atoms. The van der Waals surface area contributed by atoms with Crippen LogP contribution >= 0.6 is 0 Å². The molecule has 6 heteroatoms. The van der Waals surface area contributed by atoms with Crippen molar-refractivity contribution in [2.24, 2.45) is 0 Å². The molecular weight excluding hydrogens is 222 g/mol. The Hall–Kier alpha value is -2.11. The number of rotatable bonds is 3. The van der Waals surface area contributed by atoms with E-state index in [9.17, 15) is 9.59 Å². The van der Waals surface area contributed by atoms with Crippen LogP contribution < -0.4 is 5.56 Å². The Morgan fingerprint density at radius 2 is 2.29 bits per heavy atom. The van der Waals surface area contributed by atoms with E-state index in [4.69, 9.17) is 4.74 Å². The number of aromatic amines is 1. The van der Waals surface area contributed by atoms with E-state index in [1.165, 1.54) is 10.7 Å². The number of esters is 1. The monoisotopic (exact) mass is 235 g/mol. The molecule has 0 bridgehead atoms. The molecule has 90 valence electrons. The van der Waals surface area contributed by atoms with Gasteiger partial charge in [-0.1, -0.05) is 6.92 Å². The minimum absolute atomic E-state index is 0.0612. The normalized spacial score (nSPS) is 10.7. The molecule has 0 atom stereocenters. The molecule has 0 aliphatic carbocycles. The summed E-state index contributed by atoms with van der Waals surface area (Å²) in [6.45, 7) is 3.88. The summed E-state index contributed by atoms with van der Waals surface area (Å²) in [5.41, 5.74) is 0.977. The lowest BCUT2D eigenvalue weighted by Gasteiger charge is -2.01. The molecule has 0 fully saturated rings. The van der Waals surface area contributed by atoms with E-state index >= 15 is 0 Å². The molecule has 6 nitrogen and oxygen atoms in total. The van der Waals surface area contributed by atoms with E-state index in [-0.39, 0.29) is 12.2 Å². The highest BCUT2D eigenvalue weighted by Crippen LogP contribution is 2.06. The summed E-state index contributed by atoms with van der Waals surface area (Å²) in [5.74, 6) is -0.646. The molecule has 0 aliphatic heterocycles. The topological polar surface area (TPSA) is 76.5 Å². The highest BCUT2D eigenvalue weighted by Gasteiger charge is 2.15. The van der Waals surface area contributed by atoms with Crippen molar-refractivity contribution in [3.8, 4) is 0 Å². The number of aromatic nitrogens is 3. The SMILES string of the molecule is CCOC(=O)c1cnc2c(CC)c[nH]n2c1=O. The van der Waals surface area contributed by atoms with E-state index < -0.39 is 11.5 Å². The molecule has 0 radical (unpaired) electrons. The maximum atomic E-state index is 12.0. The Morgan fingerprint density at radius 3 is 2.94 bits per heavy atom. The molecule has 1 N–H and O–H groups in total. The molecule has 0 saturated carbocycles. The highest BCUT2D eigenvalue weighted by atomic mass is 16.5. The number of nitrogens with zero attached hydrogens (tertiary/aromatic N) is 2. The highest BCUT2D eigenvalue weighted by molar-refractivity contribution is 5.88. The lowest BCUT2D eigenvalue weighted by molar-refractivity contribution is 0.0523. The molecule has 2 heterocycles. The molecule has 0 amide bonds. The van der Waals surface area contributed by atoms with Crippen molar-refractivity contribution in [2.75, 3.05) is 6.61 Å². The van der Waals surface area contributed by atoms with Crippen LogP contribution in [0.3, 0.4) is 0 Å². The van der Waals surface area contributed by atoms with E-state index in [1.807, 2.05) is 6.92 Å². The lowest BCUT2D eigenvalue weighted by Crippen LogP contribution is -2.24. The van der Waals surface area contributed by atoms with Crippen molar-refractivity contribution in [1.29, 1.82) is 0 Å². The minimum Gasteiger partial charge on any atom is -0.462 e. The second-order valence-corrected chi connectivity index (χ2v) is 3.51. The van der Waals surface area contributed by atoms with Gasteiger partial charge in [0.15, 0.2) is 5.65 Å². The zero-order valence-corrected chi connectivity index (χ0v) is 9.69. The van der Waals surface area contributed by atoms with E-state index in [0.29, 0.717) is 5.65 Å². The Bertz CT molecular complexity index is 612.